The zero-order valence-corrected chi connectivity index (χ0v) is 13.6. The Labute approximate surface area is 139 Å². The number of anilines is 2. The SMILES string of the molecule is CC(C)OC(=O)c1ccc(NC(=S)Nc2ccccc2F)cc1. The molecule has 0 spiro atoms. The highest BCUT2D eigenvalue weighted by Crippen LogP contribution is 2.15. The van der Waals surface area contributed by atoms with Gasteiger partial charge in [0.2, 0.25) is 0 Å². The average Bonchev–Trinajstić information content (AvgIpc) is 2.49. The molecular weight excluding hydrogens is 315 g/mol. The maximum absolute atomic E-state index is 13.5. The van der Waals surface area contributed by atoms with E-state index in [4.69, 9.17) is 17.0 Å². The highest BCUT2D eigenvalue weighted by molar-refractivity contribution is 7.80. The van der Waals surface area contributed by atoms with Crippen LogP contribution in [0.2, 0.25) is 0 Å². The van der Waals surface area contributed by atoms with Gasteiger partial charge < -0.3 is 15.4 Å². The van der Waals surface area contributed by atoms with Gasteiger partial charge in [-0.2, -0.15) is 0 Å². The molecular formula is C17H17FN2O2S. The van der Waals surface area contributed by atoms with E-state index in [0.29, 0.717) is 16.9 Å². The summed E-state index contributed by atoms with van der Waals surface area (Å²) in [4.78, 5) is 11.7. The second-order valence-corrected chi connectivity index (χ2v) is 5.50. The monoisotopic (exact) mass is 332 g/mol. The van der Waals surface area contributed by atoms with Crippen LogP contribution in [0.5, 0.6) is 0 Å². The molecule has 0 atom stereocenters. The molecule has 0 radical (unpaired) electrons. The van der Waals surface area contributed by atoms with E-state index in [1.807, 2.05) is 0 Å². The molecule has 0 aromatic heterocycles. The van der Waals surface area contributed by atoms with Crippen LogP contribution in [0.1, 0.15) is 24.2 Å². The Kier molecular flexibility index (Phi) is 5.65. The predicted octanol–water partition coefficient (Wildman–Crippen LogP) is 4.20. The van der Waals surface area contributed by atoms with Gasteiger partial charge in [-0.25, -0.2) is 9.18 Å². The van der Waals surface area contributed by atoms with Gasteiger partial charge in [-0.15, -0.1) is 0 Å². The Bertz CT molecular complexity index is 702. The molecule has 23 heavy (non-hydrogen) atoms. The van der Waals surface area contributed by atoms with Gasteiger partial charge in [-0.3, -0.25) is 0 Å². The van der Waals surface area contributed by atoms with Crippen LogP contribution >= 0.6 is 12.2 Å². The molecule has 0 unspecified atom stereocenters. The number of hydrogen-bond acceptors (Lipinski definition) is 3. The van der Waals surface area contributed by atoms with Crippen molar-refractivity contribution >= 4 is 34.7 Å². The van der Waals surface area contributed by atoms with E-state index in [1.54, 1.807) is 56.3 Å². The zero-order chi connectivity index (χ0) is 16.8. The normalized spacial score (nSPS) is 10.3. The fourth-order valence-electron chi connectivity index (χ4n) is 1.82. The lowest BCUT2D eigenvalue weighted by Gasteiger charge is -2.12. The zero-order valence-electron chi connectivity index (χ0n) is 12.8. The number of rotatable bonds is 4. The van der Waals surface area contributed by atoms with E-state index in [2.05, 4.69) is 10.6 Å². The Balaban J connectivity index is 1.97. The van der Waals surface area contributed by atoms with Crippen LogP contribution in [-0.4, -0.2) is 17.2 Å². The van der Waals surface area contributed by atoms with E-state index >= 15 is 0 Å². The molecule has 0 aliphatic carbocycles. The fraction of sp³-hybridized carbons (Fsp3) is 0.176. The summed E-state index contributed by atoms with van der Waals surface area (Å²) in [7, 11) is 0. The van der Waals surface area contributed by atoms with Crippen molar-refractivity contribution in [3.8, 4) is 0 Å². The Morgan fingerprint density at radius 3 is 2.35 bits per heavy atom. The first-order valence-electron chi connectivity index (χ1n) is 7.09. The average molecular weight is 332 g/mol. The van der Waals surface area contributed by atoms with Crippen molar-refractivity contribution < 1.29 is 13.9 Å². The molecule has 2 rings (SSSR count). The molecule has 0 fully saturated rings. The van der Waals surface area contributed by atoms with Gasteiger partial charge in [-0.1, -0.05) is 12.1 Å². The number of benzene rings is 2. The first-order chi connectivity index (χ1) is 11.0. The third-order valence-corrected chi connectivity index (χ3v) is 3.05. The molecule has 0 amide bonds. The lowest BCUT2D eigenvalue weighted by Crippen LogP contribution is -2.19. The largest absolute Gasteiger partial charge is 0.459 e. The number of thiocarbonyl (C=S) groups is 1. The molecule has 0 aliphatic rings. The van der Waals surface area contributed by atoms with E-state index in [0.717, 1.165) is 0 Å². The van der Waals surface area contributed by atoms with Gasteiger partial charge in [0.15, 0.2) is 5.11 Å². The molecule has 0 heterocycles. The summed E-state index contributed by atoms with van der Waals surface area (Å²) in [5.74, 6) is -0.762. The maximum Gasteiger partial charge on any atom is 0.338 e. The molecule has 2 N–H and O–H groups in total. The summed E-state index contributed by atoms with van der Waals surface area (Å²) >= 11 is 5.14. The molecule has 4 nitrogen and oxygen atoms in total. The molecule has 6 heteroatoms. The smallest absolute Gasteiger partial charge is 0.338 e. The number of hydrogen-bond donors (Lipinski definition) is 2. The van der Waals surface area contributed by atoms with Crippen molar-refractivity contribution in [1.82, 2.24) is 0 Å². The minimum absolute atomic E-state index is 0.169. The van der Waals surface area contributed by atoms with Crippen LogP contribution < -0.4 is 10.6 Å². The van der Waals surface area contributed by atoms with Crippen molar-refractivity contribution in [2.75, 3.05) is 10.6 Å². The summed E-state index contributed by atoms with van der Waals surface area (Å²) in [5.41, 5.74) is 1.43. The molecule has 0 bridgehead atoms. The maximum atomic E-state index is 13.5. The van der Waals surface area contributed by atoms with Crippen LogP contribution in [0, 0.1) is 5.82 Å². The Hall–Kier alpha value is -2.47. The lowest BCUT2D eigenvalue weighted by molar-refractivity contribution is 0.0378. The molecule has 0 saturated carbocycles. The first-order valence-corrected chi connectivity index (χ1v) is 7.50. The molecule has 2 aromatic rings. The first kappa shape index (κ1) is 16.9. The summed E-state index contributed by atoms with van der Waals surface area (Å²) in [6, 6.07) is 12.9. The van der Waals surface area contributed by atoms with Crippen LogP contribution in [0.4, 0.5) is 15.8 Å². The number of ether oxygens (including phenoxy) is 1. The van der Waals surface area contributed by atoms with Gasteiger partial charge in [0.05, 0.1) is 17.4 Å². The van der Waals surface area contributed by atoms with Crippen LogP contribution in [0.3, 0.4) is 0 Å². The van der Waals surface area contributed by atoms with E-state index in [1.165, 1.54) is 6.07 Å². The number of nitrogens with one attached hydrogen (secondary N) is 2. The van der Waals surface area contributed by atoms with E-state index < -0.39 is 0 Å². The van der Waals surface area contributed by atoms with E-state index in [9.17, 15) is 9.18 Å². The number of carbonyl (C=O) groups excluding carboxylic acids is 1. The number of halogens is 1. The minimum atomic E-state index is -0.386. The van der Waals surface area contributed by atoms with Gasteiger partial charge in [0, 0.05) is 5.69 Å². The van der Waals surface area contributed by atoms with Crippen molar-refractivity contribution in [2.24, 2.45) is 0 Å². The highest BCUT2D eigenvalue weighted by Gasteiger charge is 2.09. The van der Waals surface area contributed by atoms with Crippen molar-refractivity contribution in [2.45, 2.75) is 20.0 Å². The third kappa shape index (κ3) is 5.03. The molecule has 0 aliphatic heterocycles. The third-order valence-electron chi connectivity index (χ3n) is 2.84. The van der Waals surface area contributed by atoms with Crippen molar-refractivity contribution in [3.05, 3.63) is 59.9 Å². The minimum Gasteiger partial charge on any atom is -0.459 e. The van der Waals surface area contributed by atoms with Gasteiger partial charge in [0.25, 0.3) is 0 Å². The topological polar surface area (TPSA) is 50.4 Å². The predicted molar refractivity (Wildman–Crippen MR) is 93.2 cm³/mol. The number of para-hydroxylation sites is 1. The Morgan fingerprint density at radius 1 is 1.09 bits per heavy atom. The molecule has 120 valence electrons. The quantitative estimate of drug-likeness (QED) is 0.649. The van der Waals surface area contributed by atoms with Gasteiger partial charge >= 0.3 is 5.97 Å². The Morgan fingerprint density at radius 2 is 1.74 bits per heavy atom. The molecule has 0 saturated heterocycles. The summed E-state index contributed by atoms with van der Waals surface area (Å²) in [6.45, 7) is 3.58. The highest BCUT2D eigenvalue weighted by atomic mass is 32.1. The lowest BCUT2D eigenvalue weighted by atomic mass is 10.2. The summed E-state index contributed by atoms with van der Waals surface area (Å²) < 4.78 is 18.6. The molecule has 2 aromatic carbocycles. The van der Waals surface area contributed by atoms with Crippen LogP contribution in [0.25, 0.3) is 0 Å². The van der Waals surface area contributed by atoms with Gasteiger partial charge in [-0.05, 0) is 62.5 Å². The second kappa shape index (κ2) is 7.69. The number of esters is 1. The second-order valence-electron chi connectivity index (χ2n) is 5.09. The van der Waals surface area contributed by atoms with Crippen LogP contribution in [0.15, 0.2) is 48.5 Å². The summed E-state index contributed by atoms with van der Waals surface area (Å²) in [5, 5.41) is 5.96. The van der Waals surface area contributed by atoms with Crippen molar-refractivity contribution in [3.63, 3.8) is 0 Å². The number of carbonyl (C=O) groups is 1. The van der Waals surface area contributed by atoms with Crippen LogP contribution in [-0.2, 0) is 4.74 Å². The fourth-order valence-corrected chi connectivity index (χ4v) is 2.05. The summed E-state index contributed by atoms with van der Waals surface area (Å²) in [6.07, 6.45) is -0.169. The standard InChI is InChI=1S/C17H17FN2O2S/c1-11(2)22-16(21)12-7-9-13(10-8-12)19-17(23)20-15-6-4-3-5-14(15)18/h3-11H,1-2H3,(H2,19,20,23). The van der Waals surface area contributed by atoms with Gasteiger partial charge in [0.1, 0.15) is 5.82 Å². The van der Waals surface area contributed by atoms with Crippen molar-refractivity contribution in [1.29, 1.82) is 0 Å². The van der Waals surface area contributed by atoms with E-state index in [-0.39, 0.29) is 23.0 Å².